The molecule has 10 nitrogen and oxygen atoms in total. The van der Waals surface area contributed by atoms with Crippen LogP contribution in [0.5, 0.6) is 0 Å². The number of ether oxygens (including phenoxy) is 2. The molecule has 0 spiro atoms. The Bertz CT molecular complexity index is 1120. The maximum Gasteiger partial charge on any atom is 0.176 e. The van der Waals surface area contributed by atoms with E-state index in [1.54, 1.807) is 23.7 Å². The summed E-state index contributed by atoms with van der Waals surface area (Å²) in [5, 5.41) is 3.20. The number of thiazole rings is 1. The molecular weight excluding hydrogens is 639 g/mol. The van der Waals surface area contributed by atoms with Gasteiger partial charge in [-0.1, -0.05) is 20.8 Å². The van der Waals surface area contributed by atoms with Crippen LogP contribution in [0.1, 0.15) is 49.8 Å². The van der Waals surface area contributed by atoms with Crippen molar-refractivity contribution in [3.63, 3.8) is 0 Å². The number of thioether (sulfide) groups is 1. The smallest absolute Gasteiger partial charge is 0.176 e. The topological polar surface area (TPSA) is 160 Å². The number of nitrogens with two attached hydrogens (primary N) is 2. The molecule has 3 fully saturated rings. The minimum absolute atomic E-state index is 0.255. The summed E-state index contributed by atoms with van der Waals surface area (Å²) in [7, 11) is -1.48. The third-order valence-corrected chi connectivity index (χ3v) is 11.6. The first-order chi connectivity index (χ1) is 20.4. The Morgan fingerprint density at radius 2 is 1.39 bits per heavy atom. The summed E-state index contributed by atoms with van der Waals surface area (Å²) in [6.07, 6.45) is 3.52. The first kappa shape index (κ1) is 44.0. The molecule has 0 aliphatic carbocycles. The monoisotopic (exact) mass is 693 g/mol. The average Bonchev–Trinajstić information content (AvgIpc) is 3.27. The van der Waals surface area contributed by atoms with E-state index in [0.717, 1.165) is 45.4 Å². The van der Waals surface area contributed by atoms with Crippen LogP contribution in [0.15, 0.2) is 42.7 Å². The molecule has 14 heteroatoms. The van der Waals surface area contributed by atoms with Gasteiger partial charge in [0, 0.05) is 45.8 Å². The highest BCUT2D eigenvalue weighted by Crippen LogP contribution is 2.22. The molecule has 5 heterocycles. The van der Waals surface area contributed by atoms with Crippen LogP contribution in [0.4, 0.5) is 0 Å². The van der Waals surface area contributed by atoms with Gasteiger partial charge < -0.3 is 20.9 Å². The van der Waals surface area contributed by atoms with E-state index in [2.05, 4.69) is 56.8 Å². The van der Waals surface area contributed by atoms with E-state index >= 15 is 0 Å². The van der Waals surface area contributed by atoms with E-state index in [1.807, 2.05) is 53.3 Å². The molecule has 2 aromatic heterocycles. The van der Waals surface area contributed by atoms with Gasteiger partial charge >= 0.3 is 0 Å². The average molecular weight is 694 g/mol. The Kier molecular flexibility index (Phi) is 25.1. The molecule has 44 heavy (non-hydrogen) atoms. The van der Waals surface area contributed by atoms with Gasteiger partial charge in [0.2, 0.25) is 0 Å². The number of methoxy groups -OCH3 is 1. The van der Waals surface area contributed by atoms with Crippen molar-refractivity contribution in [3.8, 4) is 0 Å². The second kappa shape index (κ2) is 25.1. The van der Waals surface area contributed by atoms with Crippen LogP contribution >= 0.6 is 23.1 Å². The quantitative estimate of drug-likeness (QED) is 0.408. The summed E-state index contributed by atoms with van der Waals surface area (Å²) >= 11 is 3.74. The van der Waals surface area contributed by atoms with Crippen LogP contribution in [0.2, 0.25) is 0 Å². The van der Waals surface area contributed by atoms with Crippen molar-refractivity contribution in [2.45, 2.75) is 55.4 Å². The van der Waals surface area contributed by atoms with Gasteiger partial charge in [0.1, 0.15) is 0 Å². The molecule has 254 valence electrons. The van der Waals surface area contributed by atoms with Crippen molar-refractivity contribution in [1.29, 1.82) is 0 Å². The summed E-state index contributed by atoms with van der Waals surface area (Å²) < 4.78 is 39.8. The van der Waals surface area contributed by atoms with Crippen LogP contribution in [0.25, 0.3) is 0 Å². The van der Waals surface area contributed by atoms with Crippen LogP contribution in [-0.4, -0.2) is 75.8 Å². The molecule has 0 saturated carbocycles. The molecule has 3 aliphatic heterocycles. The maximum atomic E-state index is 10.3. The Morgan fingerprint density at radius 3 is 1.45 bits per heavy atom. The zero-order valence-corrected chi connectivity index (χ0v) is 31.3. The molecule has 3 aliphatic rings. The van der Waals surface area contributed by atoms with Crippen molar-refractivity contribution < 1.29 is 22.1 Å². The summed E-state index contributed by atoms with van der Waals surface area (Å²) in [6.45, 7) is 23.2. The molecule has 3 saturated heterocycles. The first-order valence-electron chi connectivity index (χ1n) is 14.2. The second-order valence-corrected chi connectivity index (χ2v) is 16.4. The Hall–Kier alpha value is -2.16. The number of nitrogens with zero attached hydrogens (tertiary/aromatic N) is 3. The van der Waals surface area contributed by atoms with Gasteiger partial charge in [-0.25, -0.2) is 13.4 Å². The zero-order chi connectivity index (χ0) is 34.3. The third-order valence-electron chi connectivity index (χ3n) is 5.06. The molecule has 0 unspecified atom stereocenters. The number of hydrogen-bond acceptors (Lipinski definition) is 12. The van der Waals surface area contributed by atoms with Crippen LogP contribution in [-0.2, 0) is 30.1 Å². The Labute approximate surface area is 277 Å². The highest BCUT2D eigenvalue weighted by atomic mass is 32.2. The van der Waals surface area contributed by atoms with Gasteiger partial charge in [0.15, 0.2) is 21.6 Å². The third kappa shape index (κ3) is 28.6. The fraction of sp³-hybridized carbons (Fsp3) is 0.633. The lowest BCUT2D eigenvalue weighted by atomic mass is 10.2. The first-order valence-corrected chi connectivity index (χ1v) is 19.6. The van der Waals surface area contributed by atoms with Gasteiger partial charge in [0.25, 0.3) is 0 Å². The minimum Gasteiger partial charge on any atom is -0.483 e. The molecule has 0 bridgehead atoms. The van der Waals surface area contributed by atoms with E-state index in [-0.39, 0.29) is 11.8 Å². The van der Waals surface area contributed by atoms with E-state index in [9.17, 15) is 12.6 Å². The molecule has 4 N–H and O–H groups in total. The number of aromatic nitrogens is 3. The highest BCUT2D eigenvalue weighted by Gasteiger charge is 2.28. The fourth-order valence-electron chi connectivity index (χ4n) is 2.87. The van der Waals surface area contributed by atoms with Gasteiger partial charge in [-0.15, -0.1) is 11.3 Å². The van der Waals surface area contributed by atoms with E-state index in [0.29, 0.717) is 24.0 Å². The van der Waals surface area contributed by atoms with Crippen molar-refractivity contribution in [1.82, 2.24) is 15.0 Å². The molecule has 5 rings (SSSR count). The van der Waals surface area contributed by atoms with Crippen molar-refractivity contribution >= 4 is 43.7 Å². The summed E-state index contributed by atoms with van der Waals surface area (Å²) in [4.78, 5) is 12.2. The van der Waals surface area contributed by atoms with E-state index < -0.39 is 20.6 Å². The van der Waals surface area contributed by atoms with Gasteiger partial charge in [0.05, 0.1) is 41.6 Å². The molecule has 2 aromatic rings. The lowest BCUT2D eigenvalue weighted by Crippen LogP contribution is -2.33. The minimum atomic E-state index is -2.53. The second-order valence-electron chi connectivity index (χ2n) is 10.6. The van der Waals surface area contributed by atoms with Gasteiger partial charge in [-0.3, -0.25) is 14.2 Å². The highest BCUT2D eigenvalue weighted by molar-refractivity contribution is 8.00. The fourth-order valence-corrected chi connectivity index (χ4v) is 6.98. The van der Waals surface area contributed by atoms with E-state index in [4.69, 9.17) is 11.5 Å². The predicted octanol–water partition coefficient (Wildman–Crippen LogP) is 5.17. The van der Waals surface area contributed by atoms with Crippen molar-refractivity contribution in [2.24, 2.45) is 29.2 Å². The Balaban J connectivity index is 0. The SMILES string of the molecule is C=C(N)OC.C=C(N)OCC.CC1CS(=O)(=O)C1.CC1CS(=O)C1.CC1CSC1.Cc1cnc(C)cn1.Cc1csc(C)n1. The number of aryl methyl sites for hydroxylation is 4. The molecule has 0 radical (unpaired) electrons. The van der Waals surface area contributed by atoms with Crippen LogP contribution < -0.4 is 11.5 Å². The number of rotatable bonds is 3. The summed E-state index contributed by atoms with van der Waals surface area (Å²) in [5.74, 6) is 8.25. The van der Waals surface area contributed by atoms with Gasteiger partial charge in [-0.2, -0.15) is 11.8 Å². The van der Waals surface area contributed by atoms with Crippen LogP contribution in [0.3, 0.4) is 0 Å². The van der Waals surface area contributed by atoms with Crippen LogP contribution in [0, 0.1) is 45.4 Å². The summed E-state index contributed by atoms with van der Waals surface area (Å²) in [5.41, 5.74) is 12.9. The zero-order valence-electron chi connectivity index (χ0n) is 28.0. The largest absolute Gasteiger partial charge is 0.483 e. The van der Waals surface area contributed by atoms with Crippen molar-refractivity contribution in [3.05, 3.63) is 64.8 Å². The predicted molar refractivity (Wildman–Crippen MR) is 190 cm³/mol. The van der Waals surface area contributed by atoms with Crippen molar-refractivity contribution in [2.75, 3.05) is 48.2 Å². The standard InChI is InChI=1S/C6H8N2.C5H7NS.C4H9NO.C4H8O2S.C4H8OS.C4H8S.C3H7NO/c1-5-3-8-6(2)4-7-5;1-4-3-7-5(2)6-4;1-3-6-4(2)5;1-4-2-7(5,6)3-4;1-4-2-6(5)3-4;1-4-2-5-3-4;1-3(4)5-2/h3-4H,1-2H3;3H,1-2H3;2-3,5H2,1H3;4H,2-3H2,1H3;4H,2-3H2,1H3;4H,2-3H2,1H3;1,4H2,2H3. The maximum absolute atomic E-state index is 10.3. The molecule has 0 aromatic carbocycles. The molecule has 0 amide bonds. The lowest BCUT2D eigenvalue weighted by Gasteiger charge is -2.20. The molecular formula is C30H55N5O5S4. The van der Waals surface area contributed by atoms with E-state index in [1.165, 1.54) is 18.6 Å². The summed E-state index contributed by atoms with van der Waals surface area (Å²) in [6, 6.07) is 0. The normalized spacial score (nSPS) is 18.7. The lowest BCUT2D eigenvalue weighted by molar-refractivity contribution is 0.228. The molecule has 0 atom stereocenters. The van der Waals surface area contributed by atoms with Gasteiger partial charge in [-0.05, 0) is 77.0 Å². The number of hydrogen-bond donors (Lipinski definition) is 2. The Morgan fingerprint density at radius 1 is 0.932 bits per heavy atom. The number of sulfone groups is 1.